The highest BCUT2D eigenvalue weighted by Crippen LogP contribution is 2.22. The second-order valence-electron chi connectivity index (χ2n) is 3.95. The van der Waals surface area contributed by atoms with E-state index >= 15 is 0 Å². The molecule has 0 saturated heterocycles. The number of aryl methyl sites for hydroxylation is 1. The van der Waals surface area contributed by atoms with E-state index in [0.717, 1.165) is 12.1 Å². The molecule has 0 aliphatic carbocycles. The maximum Gasteiger partial charge on any atom is 0.264 e. The Kier molecular flexibility index (Phi) is 4.05. The molecule has 2 rings (SSSR count). The number of benzene rings is 1. The first kappa shape index (κ1) is 14.9. The quantitative estimate of drug-likeness (QED) is 0.852. The van der Waals surface area contributed by atoms with Crippen molar-refractivity contribution in [1.82, 2.24) is 4.98 Å². The molecule has 0 atom stereocenters. The summed E-state index contributed by atoms with van der Waals surface area (Å²) in [5.74, 6) is -2.00. The van der Waals surface area contributed by atoms with Gasteiger partial charge in [0.25, 0.3) is 10.0 Å². The molecule has 0 aliphatic rings. The van der Waals surface area contributed by atoms with Crippen LogP contribution >= 0.6 is 15.9 Å². The maximum absolute atomic E-state index is 13.5. The smallest absolute Gasteiger partial charge is 0.264 e. The number of anilines is 1. The average Bonchev–Trinajstić information content (AvgIpc) is 2.32. The lowest BCUT2D eigenvalue weighted by atomic mass is 10.3. The van der Waals surface area contributed by atoms with Crippen molar-refractivity contribution in [2.24, 2.45) is 0 Å². The Labute approximate surface area is 123 Å². The second-order valence-corrected chi connectivity index (χ2v) is 6.41. The van der Waals surface area contributed by atoms with Crippen LogP contribution in [0.2, 0.25) is 0 Å². The third-order valence-corrected chi connectivity index (χ3v) is 4.32. The minimum Gasteiger partial charge on any atom is -0.278 e. The van der Waals surface area contributed by atoms with E-state index in [9.17, 15) is 17.2 Å². The molecule has 0 spiro atoms. The summed E-state index contributed by atoms with van der Waals surface area (Å²) in [4.78, 5) is 3.40. The SMILES string of the molecule is Cc1nc(Br)ccc1NS(=O)(=O)c1ccc(F)cc1F. The van der Waals surface area contributed by atoms with Crippen molar-refractivity contribution in [3.8, 4) is 0 Å². The van der Waals surface area contributed by atoms with Crippen LogP contribution in [0, 0.1) is 18.6 Å². The molecule has 1 aromatic heterocycles. The Morgan fingerprint density at radius 2 is 1.90 bits per heavy atom. The van der Waals surface area contributed by atoms with Crippen molar-refractivity contribution >= 4 is 31.6 Å². The number of nitrogens with one attached hydrogen (secondary N) is 1. The fourth-order valence-electron chi connectivity index (χ4n) is 1.53. The molecule has 1 heterocycles. The largest absolute Gasteiger partial charge is 0.278 e. The summed E-state index contributed by atoms with van der Waals surface area (Å²) in [5.41, 5.74) is 0.641. The number of rotatable bonds is 3. The van der Waals surface area contributed by atoms with Gasteiger partial charge in [-0.3, -0.25) is 4.72 Å². The summed E-state index contributed by atoms with van der Waals surface area (Å²) in [6.07, 6.45) is 0. The van der Waals surface area contributed by atoms with E-state index in [4.69, 9.17) is 0 Å². The van der Waals surface area contributed by atoms with Crippen LogP contribution in [0.25, 0.3) is 0 Å². The zero-order valence-electron chi connectivity index (χ0n) is 10.2. The van der Waals surface area contributed by atoms with E-state index in [1.807, 2.05) is 0 Å². The lowest BCUT2D eigenvalue weighted by Gasteiger charge is -2.10. The van der Waals surface area contributed by atoms with Crippen molar-refractivity contribution in [2.45, 2.75) is 11.8 Å². The molecule has 0 fully saturated rings. The van der Waals surface area contributed by atoms with Crippen LogP contribution in [0.3, 0.4) is 0 Å². The first-order valence-corrected chi connectivity index (χ1v) is 7.68. The summed E-state index contributed by atoms with van der Waals surface area (Å²) in [5, 5.41) is 0. The maximum atomic E-state index is 13.5. The summed E-state index contributed by atoms with van der Waals surface area (Å²) >= 11 is 3.15. The van der Waals surface area contributed by atoms with Gasteiger partial charge in [0.1, 0.15) is 21.1 Å². The van der Waals surface area contributed by atoms with Crippen LogP contribution in [0.15, 0.2) is 39.8 Å². The predicted molar refractivity (Wildman–Crippen MR) is 73.8 cm³/mol. The first-order valence-electron chi connectivity index (χ1n) is 5.40. The molecule has 0 amide bonds. The highest BCUT2D eigenvalue weighted by Gasteiger charge is 2.20. The predicted octanol–water partition coefficient (Wildman–Crippen LogP) is 3.23. The summed E-state index contributed by atoms with van der Waals surface area (Å²) in [6.45, 7) is 1.60. The van der Waals surface area contributed by atoms with Gasteiger partial charge < -0.3 is 0 Å². The lowest BCUT2D eigenvalue weighted by Crippen LogP contribution is -2.15. The molecule has 0 bridgehead atoms. The Bertz CT molecular complexity index is 766. The molecule has 20 heavy (non-hydrogen) atoms. The number of sulfonamides is 1. The van der Waals surface area contributed by atoms with E-state index in [1.165, 1.54) is 6.07 Å². The molecule has 0 radical (unpaired) electrons. The molecular weight excluding hydrogens is 354 g/mol. The molecule has 2 aromatic rings. The summed E-state index contributed by atoms with van der Waals surface area (Å²) in [6, 6.07) is 5.30. The van der Waals surface area contributed by atoms with Gasteiger partial charge in [0.05, 0.1) is 11.4 Å². The van der Waals surface area contributed by atoms with Crippen molar-refractivity contribution in [1.29, 1.82) is 0 Å². The number of pyridine rings is 1. The zero-order chi connectivity index (χ0) is 14.9. The van der Waals surface area contributed by atoms with Crippen LogP contribution in [0.5, 0.6) is 0 Å². The van der Waals surface area contributed by atoms with E-state index < -0.39 is 26.6 Å². The highest BCUT2D eigenvalue weighted by atomic mass is 79.9. The van der Waals surface area contributed by atoms with Crippen LogP contribution in [0.4, 0.5) is 14.5 Å². The van der Waals surface area contributed by atoms with Gasteiger partial charge in [0.2, 0.25) is 0 Å². The summed E-state index contributed by atoms with van der Waals surface area (Å²) in [7, 11) is -4.14. The minimum atomic E-state index is -4.14. The number of nitrogens with zero attached hydrogens (tertiary/aromatic N) is 1. The van der Waals surface area contributed by atoms with Crippen molar-refractivity contribution in [3.63, 3.8) is 0 Å². The van der Waals surface area contributed by atoms with Gasteiger partial charge in [-0.1, -0.05) is 0 Å². The van der Waals surface area contributed by atoms with Crippen molar-refractivity contribution in [2.75, 3.05) is 4.72 Å². The number of hydrogen-bond acceptors (Lipinski definition) is 3. The van der Waals surface area contributed by atoms with Gasteiger partial charge in [-0.15, -0.1) is 0 Å². The van der Waals surface area contributed by atoms with Gasteiger partial charge in [0, 0.05) is 6.07 Å². The lowest BCUT2D eigenvalue weighted by molar-refractivity contribution is 0.551. The molecule has 4 nitrogen and oxygen atoms in total. The van der Waals surface area contributed by atoms with Crippen LogP contribution in [-0.2, 0) is 10.0 Å². The fraction of sp³-hybridized carbons (Fsp3) is 0.0833. The van der Waals surface area contributed by atoms with E-state index in [1.54, 1.807) is 13.0 Å². The van der Waals surface area contributed by atoms with E-state index in [0.29, 0.717) is 16.4 Å². The fourth-order valence-corrected chi connectivity index (χ4v) is 3.11. The Morgan fingerprint density at radius 1 is 1.20 bits per heavy atom. The number of aromatic nitrogens is 1. The van der Waals surface area contributed by atoms with Gasteiger partial charge in [-0.2, -0.15) is 0 Å². The third kappa shape index (κ3) is 3.13. The van der Waals surface area contributed by atoms with Crippen LogP contribution in [0.1, 0.15) is 5.69 Å². The Hall–Kier alpha value is -1.54. The molecule has 1 N–H and O–H groups in total. The number of halogens is 3. The zero-order valence-corrected chi connectivity index (χ0v) is 12.6. The van der Waals surface area contributed by atoms with Crippen molar-refractivity contribution in [3.05, 3.63) is 52.3 Å². The van der Waals surface area contributed by atoms with Gasteiger partial charge in [0.15, 0.2) is 0 Å². The van der Waals surface area contributed by atoms with Crippen molar-refractivity contribution < 1.29 is 17.2 Å². The van der Waals surface area contributed by atoms with E-state index in [2.05, 4.69) is 25.6 Å². The molecule has 106 valence electrons. The minimum absolute atomic E-state index is 0.219. The van der Waals surface area contributed by atoms with Crippen LogP contribution in [-0.4, -0.2) is 13.4 Å². The third-order valence-electron chi connectivity index (χ3n) is 2.48. The molecule has 0 saturated carbocycles. The monoisotopic (exact) mass is 362 g/mol. The van der Waals surface area contributed by atoms with E-state index in [-0.39, 0.29) is 5.69 Å². The molecular formula is C12H9BrF2N2O2S. The van der Waals surface area contributed by atoms with Crippen LogP contribution < -0.4 is 4.72 Å². The van der Waals surface area contributed by atoms with Gasteiger partial charge in [-0.05, 0) is 47.1 Å². The summed E-state index contributed by atoms with van der Waals surface area (Å²) < 4.78 is 53.2. The second kappa shape index (κ2) is 5.45. The molecule has 0 unspecified atom stereocenters. The Balaban J connectivity index is 2.41. The molecule has 0 aliphatic heterocycles. The topological polar surface area (TPSA) is 59.1 Å². The molecule has 1 aromatic carbocycles. The highest BCUT2D eigenvalue weighted by molar-refractivity contribution is 9.10. The first-order chi connectivity index (χ1) is 9.29. The Morgan fingerprint density at radius 3 is 2.50 bits per heavy atom. The average molecular weight is 363 g/mol. The normalized spacial score (nSPS) is 11.4. The van der Waals surface area contributed by atoms with Gasteiger partial charge in [-0.25, -0.2) is 22.2 Å². The molecule has 8 heteroatoms. The van der Waals surface area contributed by atoms with Gasteiger partial charge >= 0.3 is 0 Å². The standard InChI is InChI=1S/C12H9BrF2N2O2S/c1-7-10(3-5-12(13)16-7)17-20(18,19)11-4-2-8(14)6-9(11)15/h2-6,17H,1H3. The number of hydrogen-bond donors (Lipinski definition) is 1.